The Balaban J connectivity index is 1.60. The number of aromatic nitrogens is 1. The van der Waals surface area contributed by atoms with Crippen molar-refractivity contribution in [2.45, 2.75) is 20.3 Å². The van der Waals surface area contributed by atoms with E-state index in [9.17, 15) is 4.79 Å². The number of ether oxygens (including phenoxy) is 2. The normalized spacial score (nSPS) is 12.3. The number of nitrogens with zero attached hydrogens (tertiary/aromatic N) is 2. The number of anilines is 1. The van der Waals surface area contributed by atoms with Crippen molar-refractivity contribution in [3.05, 3.63) is 71.0 Å². The average molecular weight is 387 g/mol. The standard InChI is InChI=1S/C23H21N3O3/c1-15-13-20(23(27)25-18-5-3-17(4-6-18)9-10-24)16(2)26(15)19-7-8-21-22(14-19)29-12-11-28-21/h3-8,13-14H,9,11-12H2,1-2H3,(H,25,27). The highest BCUT2D eigenvalue weighted by atomic mass is 16.6. The lowest BCUT2D eigenvalue weighted by Crippen LogP contribution is -2.16. The molecule has 0 spiro atoms. The van der Waals surface area contributed by atoms with Gasteiger partial charge in [0, 0.05) is 28.8 Å². The van der Waals surface area contributed by atoms with Crippen LogP contribution >= 0.6 is 0 Å². The Labute approximate surface area is 169 Å². The maximum atomic E-state index is 12.9. The van der Waals surface area contributed by atoms with Gasteiger partial charge < -0.3 is 19.4 Å². The molecule has 6 heteroatoms. The molecular formula is C23H21N3O3. The maximum Gasteiger partial charge on any atom is 0.257 e. The molecule has 0 saturated carbocycles. The average Bonchev–Trinajstić information content (AvgIpc) is 3.03. The number of carbonyl (C=O) groups excluding carboxylic acids is 1. The van der Waals surface area contributed by atoms with Gasteiger partial charge in [0.15, 0.2) is 11.5 Å². The summed E-state index contributed by atoms with van der Waals surface area (Å²) in [5.74, 6) is 1.28. The number of nitriles is 1. The summed E-state index contributed by atoms with van der Waals surface area (Å²) in [6, 6.07) is 17.1. The van der Waals surface area contributed by atoms with Crippen molar-refractivity contribution in [2.75, 3.05) is 18.5 Å². The minimum absolute atomic E-state index is 0.171. The quantitative estimate of drug-likeness (QED) is 0.728. The van der Waals surface area contributed by atoms with Gasteiger partial charge in [0.2, 0.25) is 0 Å². The van der Waals surface area contributed by atoms with Gasteiger partial charge in [-0.25, -0.2) is 0 Å². The number of hydrogen-bond acceptors (Lipinski definition) is 4. The number of benzene rings is 2. The van der Waals surface area contributed by atoms with Crippen LogP contribution in [-0.2, 0) is 6.42 Å². The minimum atomic E-state index is -0.171. The Morgan fingerprint density at radius 3 is 2.52 bits per heavy atom. The summed E-state index contributed by atoms with van der Waals surface area (Å²) in [7, 11) is 0. The van der Waals surface area contributed by atoms with Crippen LogP contribution in [0.25, 0.3) is 5.69 Å². The number of fused-ring (bicyclic) bond motifs is 1. The molecule has 0 radical (unpaired) electrons. The van der Waals surface area contributed by atoms with Crippen LogP contribution in [0.3, 0.4) is 0 Å². The summed E-state index contributed by atoms with van der Waals surface area (Å²) in [5, 5.41) is 11.7. The van der Waals surface area contributed by atoms with Gasteiger partial charge in [0.05, 0.1) is 18.1 Å². The molecule has 0 fully saturated rings. The summed E-state index contributed by atoms with van der Waals surface area (Å²) in [5.41, 5.74) is 4.94. The van der Waals surface area contributed by atoms with E-state index in [4.69, 9.17) is 14.7 Å². The zero-order valence-corrected chi connectivity index (χ0v) is 16.4. The zero-order chi connectivity index (χ0) is 20.4. The topological polar surface area (TPSA) is 76.3 Å². The number of hydrogen-bond donors (Lipinski definition) is 1. The molecule has 1 aromatic heterocycles. The van der Waals surface area contributed by atoms with Crippen LogP contribution in [0, 0.1) is 25.2 Å². The molecule has 2 aromatic carbocycles. The number of rotatable bonds is 4. The highest BCUT2D eigenvalue weighted by Crippen LogP contribution is 2.33. The lowest BCUT2D eigenvalue weighted by molar-refractivity contribution is 0.102. The van der Waals surface area contributed by atoms with E-state index >= 15 is 0 Å². The largest absolute Gasteiger partial charge is 0.486 e. The molecule has 1 N–H and O–H groups in total. The molecule has 29 heavy (non-hydrogen) atoms. The van der Waals surface area contributed by atoms with Gasteiger partial charge in [-0.2, -0.15) is 5.26 Å². The molecule has 3 aromatic rings. The van der Waals surface area contributed by atoms with Gasteiger partial charge in [-0.15, -0.1) is 0 Å². The Bertz CT molecular complexity index is 1110. The van der Waals surface area contributed by atoms with E-state index in [1.54, 1.807) is 0 Å². The van der Waals surface area contributed by atoms with Crippen LogP contribution in [-0.4, -0.2) is 23.7 Å². The van der Waals surface area contributed by atoms with Crippen molar-refractivity contribution in [3.8, 4) is 23.3 Å². The second-order valence-electron chi connectivity index (χ2n) is 6.93. The van der Waals surface area contributed by atoms with Gasteiger partial charge >= 0.3 is 0 Å². The van der Waals surface area contributed by atoms with Crippen LogP contribution in [0.4, 0.5) is 5.69 Å². The fourth-order valence-electron chi connectivity index (χ4n) is 3.56. The highest BCUT2D eigenvalue weighted by Gasteiger charge is 2.19. The Hall–Kier alpha value is -3.72. The molecule has 2 heterocycles. The van der Waals surface area contributed by atoms with Crippen molar-refractivity contribution < 1.29 is 14.3 Å². The Morgan fingerprint density at radius 2 is 1.79 bits per heavy atom. The SMILES string of the molecule is Cc1cc(C(=O)Nc2ccc(CC#N)cc2)c(C)n1-c1ccc2c(c1)OCCO2. The zero-order valence-electron chi connectivity index (χ0n) is 16.4. The number of carbonyl (C=O) groups is 1. The first-order valence-corrected chi connectivity index (χ1v) is 9.43. The van der Waals surface area contributed by atoms with Gasteiger partial charge in [0.25, 0.3) is 5.91 Å². The van der Waals surface area contributed by atoms with Crippen LogP contribution in [0.1, 0.15) is 27.3 Å². The Morgan fingerprint density at radius 1 is 1.07 bits per heavy atom. The second-order valence-corrected chi connectivity index (χ2v) is 6.93. The molecule has 0 bridgehead atoms. The third kappa shape index (κ3) is 3.67. The smallest absolute Gasteiger partial charge is 0.257 e. The molecular weight excluding hydrogens is 366 g/mol. The van der Waals surface area contributed by atoms with E-state index in [0.717, 1.165) is 28.4 Å². The summed E-state index contributed by atoms with van der Waals surface area (Å²) in [6.07, 6.45) is 0.352. The maximum absolute atomic E-state index is 12.9. The molecule has 4 rings (SSSR count). The first kappa shape index (κ1) is 18.6. The second kappa shape index (κ2) is 7.72. The molecule has 1 amide bonds. The number of amides is 1. The lowest BCUT2D eigenvalue weighted by atomic mass is 10.1. The van der Waals surface area contributed by atoms with Crippen LogP contribution in [0.5, 0.6) is 11.5 Å². The van der Waals surface area contributed by atoms with Crippen molar-refractivity contribution in [1.29, 1.82) is 5.26 Å². The van der Waals surface area contributed by atoms with E-state index < -0.39 is 0 Å². The van der Waals surface area contributed by atoms with E-state index in [0.29, 0.717) is 36.6 Å². The van der Waals surface area contributed by atoms with E-state index in [1.165, 1.54) is 0 Å². The lowest BCUT2D eigenvalue weighted by Gasteiger charge is -2.20. The molecule has 6 nitrogen and oxygen atoms in total. The number of nitrogens with one attached hydrogen (secondary N) is 1. The van der Waals surface area contributed by atoms with Gasteiger partial charge in [-0.1, -0.05) is 12.1 Å². The summed E-state index contributed by atoms with van der Waals surface area (Å²) >= 11 is 0. The highest BCUT2D eigenvalue weighted by molar-refractivity contribution is 6.05. The molecule has 1 aliphatic heterocycles. The molecule has 0 atom stereocenters. The molecule has 0 unspecified atom stereocenters. The summed E-state index contributed by atoms with van der Waals surface area (Å²) in [6.45, 7) is 4.97. The van der Waals surface area contributed by atoms with Crippen molar-refractivity contribution >= 4 is 11.6 Å². The van der Waals surface area contributed by atoms with Crippen LogP contribution in [0.15, 0.2) is 48.5 Å². The number of aryl methyl sites for hydroxylation is 1. The predicted molar refractivity (Wildman–Crippen MR) is 110 cm³/mol. The molecule has 146 valence electrons. The van der Waals surface area contributed by atoms with Crippen molar-refractivity contribution in [2.24, 2.45) is 0 Å². The first-order chi connectivity index (χ1) is 14.1. The third-order valence-corrected chi connectivity index (χ3v) is 4.95. The first-order valence-electron chi connectivity index (χ1n) is 9.43. The van der Waals surface area contributed by atoms with Gasteiger partial charge in [-0.3, -0.25) is 4.79 Å². The third-order valence-electron chi connectivity index (χ3n) is 4.95. The summed E-state index contributed by atoms with van der Waals surface area (Å²) < 4.78 is 13.3. The fourth-order valence-corrected chi connectivity index (χ4v) is 3.56. The van der Waals surface area contributed by atoms with E-state index in [1.807, 2.05) is 66.9 Å². The molecule has 0 aliphatic carbocycles. The molecule has 0 saturated heterocycles. The van der Waals surface area contributed by atoms with Gasteiger partial charge in [0.1, 0.15) is 13.2 Å². The van der Waals surface area contributed by atoms with Crippen LogP contribution < -0.4 is 14.8 Å². The van der Waals surface area contributed by atoms with Gasteiger partial charge in [-0.05, 0) is 49.7 Å². The fraction of sp³-hybridized carbons (Fsp3) is 0.217. The minimum Gasteiger partial charge on any atom is -0.486 e. The van der Waals surface area contributed by atoms with Crippen molar-refractivity contribution in [3.63, 3.8) is 0 Å². The molecule has 1 aliphatic rings. The van der Waals surface area contributed by atoms with Crippen LogP contribution in [0.2, 0.25) is 0 Å². The monoisotopic (exact) mass is 387 g/mol. The predicted octanol–water partition coefficient (Wildman–Crippen LogP) is 4.18. The summed E-state index contributed by atoms with van der Waals surface area (Å²) in [4.78, 5) is 12.9. The van der Waals surface area contributed by atoms with Crippen molar-refractivity contribution in [1.82, 2.24) is 4.57 Å². The van der Waals surface area contributed by atoms with E-state index in [2.05, 4.69) is 11.4 Å². The van der Waals surface area contributed by atoms with E-state index in [-0.39, 0.29) is 5.91 Å². The Kier molecular flexibility index (Phi) is 4.96.